The maximum atomic E-state index is 12.7. The summed E-state index contributed by atoms with van der Waals surface area (Å²) >= 11 is 12.1. The number of carbonyl (C=O) groups is 2. The third kappa shape index (κ3) is 2.43. The molecule has 1 aliphatic rings. The quantitative estimate of drug-likeness (QED) is 0.831. The second-order valence-corrected chi connectivity index (χ2v) is 6.33. The van der Waals surface area contributed by atoms with Crippen molar-refractivity contribution in [2.75, 3.05) is 5.32 Å². The highest BCUT2D eigenvalue weighted by atomic mass is 35.5. The Morgan fingerprint density at radius 3 is 2.52 bits per heavy atom. The molecule has 2 aromatic rings. The minimum absolute atomic E-state index is 0.140. The number of hydrogen-bond donors (Lipinski definition) is 2. The van der Waals surface area contributed by atoms with Crippen LogP contribution in [0.2, 0.25) is 10.0 Å². The summed E-state index contributed by atoms with van der Waals surface area (Å²) in [6, 6.07) is 11.4. The minimum Gasteiger partial charge on any atom is -0.375 e. The van der Waals surface area contributed by atoms with E-state index >= 15 is 0 Å². The van der Waals surface area contributed by atoms with Gasteiger partial charge < -0.3 is 10.4 Å². The molecule has 4 nitrogen and oxygen atoms in total. The lowest BCUT2D eigenvalue weighted by Gasteiger charge is -2.28. The SMILES string of the molecule is CC(C(=O)c1ccccc1)C1(O)C(=O)Nc2cc(Cl)cc(Cl)c21. The molecule has 2 N–H and O–H groups in total. The van der Waals surface area contributed by atoms with Crippen LogP contribution in [0, 0.1) is 5.92 Å². The average Bonchev–Trinajstić information content (AvgIpc) is 2.78. The maximum absolute atomic E-state index is 12.7. The minimum atomic E-state index is -2.04. The zero-order valence-corrected chi connectivity index (χ0v) is 13.7. The van der Waals surface area contributed by atoms with Gasteiger partial charge in [-0.3, -0.25) is 9.59 Å². The largest absolute Gasteiger partial charge is 0.375 e. The second-order valence-electron chi connectivity index (χ2n) is 5.48. The fraction of sp³-hybridized carbons (Fsp3) is 0.176. The van der Waals surface area contributed by atoms with Crippen LogP contribution in [0.25, 0.3) is 0 Å². The van der Waals surface area contributed by atoms with Crippen molar-refractivity contribution < 1.29 is 14.7 Å². The van der Waals surface area contributed by atoms with Gasteiger partial charge in [-0.15, -0.1) is 0 Å². The normalized spacial score (nSPS) is 20.8. The molecule has 118 valence electrons. The summed E-state index contributed by atoms with van der Waals surface area (Å²) in [5.41, 5.74) is -1.11. The number of halogens is 2. The van der Waals surface area contributed by atoms with Gasteiger partial charge >= 0.3 is 0 Å². The first-order valence-electron chi connectivity index (χ1n) is 6.98. The van der Waals surface area contributed by atoms with Gasteiger partial charge in [-0.05, 0) is 12.1 Å². The van der Waals surface area contributed by atoms with Gasteiger partial charge in [-0.1, -0.05) is 60.5 Å². The van der Waals surface area contributed by atoms with E-state index in [1.165, 1.54) is 19.1 Å². The predicted molar refractivity (Wildman–Crippen MR) is 88.9 cm³/mol. The first kappa shape index (κ1) is 16.0. The van der Waals surface area contributed by atoms with E-state index in [1.807, 2.05) is 0 Å². The third-order valence-corrected chi connectivity index (χ3v) is 4.63. The molecular weight excluding hydrogens is 337 g/mol. The van der Waals surface area contributed by atoms with Gasteiger partial charge in [0.15, 0.2) is 11.4 Å². The van der Waals surface area contributed by atoms with Gasteiger partial charge in [0.05, 0.1) is 16.6 Å². The van der Waals surface area contributed by atoms with Gasteiger partial charge in [0.25, 0.3) is 5.91 Å². The van der Waals surface area contributed by atoms with Gasteiger partial charge in [-0.2, -0.15) is 0 Å². The second kappa shape index (κ2) is 5.64. The number of hydrogen-bond acceptors (Lipinski definition) is 3. The lowest BCUT2D eigenvalue weighted by Crippen LogP contribution is -2.44. The van der Waals surface area contributed by atoms with Crippen LogP contribution in [0.5, 0.6) is 0 Å². The van der Waals surface area contributed by atoms with E-state index in [2.05, 4.69) is 5.32 Å². The van der Waals surface area contributed by atoms with E-state index in [0.29, 0.717) is 16.3 Å². The molecule has 0 bridgehead atoms. The summed E-state index contributed by atoms with van der Waals surface area (Å²) in [6.07, 6.45) is 0. The summed E-state index contributed by atoms with van der Waals surface area (Å²) in [5.74, 6) is -2.04. The topological polar surface area (TPSA) is 66.4 Å². The molecular formula is C17H13Cl2NO3. The number of ketones is 1. The van der Waals surface area contributed by atoms with Gasteiger partial charge in [0, 0.05) is 16.1 Å². The Balaban J connectivity index is 2.09. The van der Waals surface area contributed by atoms with Crippen molar-refractivity contribution in [1.29, 1.82) is 0 Å². The molecule has 6 heteroatoms. The van der Waals surface area contributed by atoms with Crippen LogP contribution < -0.4 is 5.32 Å². The molecule has 0 saturated heterocycles. The number of benzene rings is 2. The standard InChI is InChI=1S/C17H13Cl2NO3/c1-9(15(21)10-5-3-2-4-6-10)17(23)14-12(19)7-11(18)8-13(14)20-16(17)22/h2-9,23H,1H3,(H,20,22). The predicted octanol–water partition coefficient (Wildman–Crippen LogP) is 3.65. The van der Waals surface area contributed by atoms with Gasteiger partial charge in [0.2, 0.25) is 0 Å². The molecule has 1 heterocycles. The van der Waals surface area contributed by atoms with E-state index in [4.69, 9.17) is 23.2 Å². The molecule has 3 rings (SSSR count). The van der Waals surface area contributed by atoms with Crippen molar-refractivity contribution in [2.45, 2.75) is 12.5 Å². The Labute approximate surface area is 143 Å². The van der Waals surface area contributed by atoms with E-state index in [9.17, 15) is 14.7 Å². The fourth-order valence-corrected chi connectivity index (χ4v) is 3.48. The molecule has 0 aliphatic carbocycles. The van der Waals surface area contributed by atoms with Gasteiger partial charge in [0.1, 0.15) is 0 Å². The molecule has 2 unspecified atom stereocenters. The molecule has 2 atom stereocenters. The molecule has 0 aromatic heterocycles. The molecule has 2 aromatic carbocycles. The van der Waals surface area contributed by atoms with E-state index < -0.39 is 17.4 Å². The van der Waals surface area contributed by atoms with Crippen LogP contribution in [-0.4, -0.2) is 16.8 Å². The average molecular weight is 350 g/mol. The van der Waals surface area contributed by atoms with Crippen LogP contribution in [0.1, 0.15) is 22.8 Å². The monoisotopic (exact) mass is 349 g/mol. The summed E-state index contributed by atoms with van der Waals surface area (Å²) < 4.78 is 0. The summed E-state index contributed by atoms with van der Waals surface area (Å²) in [7, 11) is 0. The summed E-state index contributed by atoms with van der Waals surface area (Å²) in [4.78, 5) is 25.0. The third-order valence-electron chi connectivity index (χ3n) is 4.11. The molecule has 0 fully saturated rings. The van der Waals surface area contributed by atoms with Crippen molar-refractivity contribution in [1.82, 2.24) is 0 Å². The fourth-order valence-electron chi connectivity index (χ4n) is 2.85. The van der Waals surface area contributed by atoms with Crippen molar-refractivity contribution >= 4 is 40.6 Å². The number of aliphatic hydroxyl groups is 1. The Morgan fingerprint density at radius 1 is 1.22 bits per heavy atom. The smallest absolute Gasteiger partial charge is 0.261 e. The summed E-state index contributed by atoms with van der Waals surface area (Å²) in [6.45, 7) is 1.51. The molecule has 23 heavy (non-hydrogen) atoms. The number of Topliss-reactive ketones (excluding diaryl/α,β-unsaturated/α-hetero) is 1. The van der Waals surface area contributed by atoms with Crippen LogP contribution >= 0.6 is 23.2 Å². The van der Waals surface area contributed by atoms with E-state index in [1.54, 1.807) is 30.3 Å². The number of nitrogens with one attached hydrogen (secondary N) is 1. The highest BCUT2D eigenvalue weighted by Crippen LogP contribution is 2.46. The molecule has 0 saturated carbocycles. The number of rotatable bonds is 3. The molecule has 0 spiro atoms. The van der Waals surface area contributed by atoms with Crippen LogP contribution in [-0.2, 0) is 10.4 Å². The first-order valence-corrected chi connectivity index (χ1v) is 7.74. The first-order chi connectivity index (χ1) is 10.9. The van der Waals surface area contributed by atoms with Crippen LogP contribution in [0.15, 0.2) is 42.5 Å². The molecule has 0 radical (unpaired) electrons. The Morgan fingerprint density at radius 2 is 1.87 bits per heavy atom. The van der Waals surface area contributed by atoms with Crippen LogP contribution in [0.3, 0.4) is 0 Å². The number of fused-ring (bicyclic) bond motifs is 1. The summed E-state index contributed by atoms with van der Waals surface area (Å²) in [5, 5.41) is 14.0. The van der Waals surface area contributed by atoms with E-state index in [-0.39, 0.29) is 16.4 Å². The highest BCUT2D eigenvalue weighted by Gasteiger charge is 2.53. The molecule has 1 aliphatic heterocycles. The Hall–Kier alpha value is -1.88. The van der Waals surface area contributed by atoms with Crippen molar-refractivity contribution in [3.63, 3.8) is 0 Å². The lowest BCUT2D eigenvalue weighted by atomic mass is 9.79. The van der Waals surface area contributed by atoms with Crippen molar-refractivity contribution in [3.8, 4) is 0 Å². The van der Waals surface area contributed by atoms with Crippen molar-refractivity contribution in [2.24, 2.45) is 5.92 Å². The Kier molecular flexibility index (Phi) is 3.92. The van der Waals surface area contributed by atoms with Crippen LogP contribution in [0.4, 0.5) is 5.69 Å². The van der Waals surface area contributed by atoms with E-state index in [0.717, 1.165) is 0 Å². The zero-order chi connectivity index (χ0) is 16.8. The maximum Gasteiger partial charge on any atom is 0.261 e. The number of carbonyl (C=O) groups excluding carboxylic acids is 2. The molecule has 1 amide bonds. The number of amides is 1. The highest BCUT2D eigenvalue weighted by molar-refractivity contribution is 6.36. The lowest BCUT2D eigenvalue weighted by molar-refractivity contribution is -0.137. The Bertz CT molecular complexity index is 807. The van der Waals surface area contributed by atoms with Gasteiger partial charge in [-0.25, -0.2) is 0 Å². The number of anilines is 1. The zero-order valence-electron chi connectivity index (χ0n) is 12.1. The van der Waals surface area contributed by atoms with Crippen molar-refractivity contribution in [3.05, 3.63) is 63.6 Å².